The summed E-state index contributed by atoms with van der Waals surface area (Å²) in [5, 5.41) is 1.92. The molecule has 1 unspecified atom stereocenters. The molecule has 1 aromatic heterocycles. The van der Waals surface area contributed by atoms with Gasteiger partial charge in [-0.05, 0) is 10.9 Å². The number of pyridine rings is 1. The monoisotopic (exact) mass is 265 g/mol. The third-order valence-corrected chi connectivity index (χ3v) is 3.68. The summed E-state index contributed by atoms with van der Waals surface area (Å²) < 4.78 is 22.8. The van der Waals surface area contributed by atoms with Gasteiger partial charge in [0.2, 0.25) is 0 Å². The smallest absolute Gasteiger partial charge is 0.149 e. The second-order valence-corrected chi connectivity index (χ2v) is 6.45. The fourth-order valence-corrected chi connectivity index (χ4v) is 2.83. The number of hydrazine groups is 1. The van der Waals surface area contributed by atoms with Gasteiger partial charge in [0.15, 0.2) is 0 Å². The molecule has 1 heterocycles. The first-order valence-corrected chi connectivity index (χ1v) is 7.54. The number of fused-ring (bicyclic) bond motifs is 1. The molecule has 0 aliphatic rings. The predicted molar refractivity (Wildman–Crippen MR) is 71.5 cm³/mol. The van der Waals surface area contributed by atoms with Crippen LogP contribution >= 0.6 is 0 Å². The van der Waals surface area contributed by atoms with E-state index >= 15 is 0 Å². The molecule has 1 atom stereocenters. The fourth-order valence-electron chi connectivity index (χ4n) is 1.95. The molecule has 0 saturated heterocycles. The lowest BCUT2D eigenvalue weighted by Crippen LogP contribution is -2.33. The van der Waals surface area contributed by atoms with E-state index in [9.17, 15) is 8.42 Å². The molecule has 0 aliphatic carbocycles. The van der Waals surface area contributed by atoms with Crippen molar-refractivity contribution in [2.45, 2.75) is 6.04 Å². The number of benzene rings is 1. The van der Waals surface area contributed by atoms with Gasteiger partial charge >= 0.3 is 0 Å². The minimum atomic E-state index is -3.12. The van der Waals surface area contributed by atoms with Crippen molar-refractivity contribution < 1.29 is 8.42 Å². The maximum absolute atomic E-state index is 11.4. The van der Waals surface area contributed by atoms with E-state index in [-0.39, 0.29) is 5.75 Å². The van der Waals surface area contributed by atoms with E-state index in [1.165, 1.54) is 6.26 Å². The van der Waals surface area contributed by atoms with Gasteiger partial charge in [0.1, 0.15) is 9.84 Å². The summed E-state index contributed by atoms with van der Waals surface area (Å²) in [5.41, 5.74) is 3.34. The first kappa shape index (κ1) is 12.9. The van der Waals surface area contributed by atoms with Crippen LogP contribution < -0.4 is 11.3 Å². The lowest BCUT2D eigenvalue weighted by Gasteiger charge is -2.16. The van der Waals surface area contributed by atoms with E-state index in [0.717, 1.165) is 16.3 Å². The van der Waals surface area contributed by atoms with Crippen molar-refractivity contribution in [3.8, 4) is 0 Å². The predicted octanol–water partition coefficient (Wildman–Crippen LogP) is 0.784. The quantitative estimate of drug-likeness (QED) is 0.630. The molecule has 3 N–H and O–H groups in total. The van der Waals surface area contributed by atoms with E-state index in [1.54, 1.807) is 12.4 Å². The Bertz CT molecular complexity index is 650. The molecule has 0 radical (unpaired) electrons. The standard InChI is InChI=1S/C12H15N3O2S/c1-18(16,17)8-12(15-13)11-7-14-6-9-4-2-3-5-10(9)11/h2-7,12,15H,8,13H2,1H3. The zero-order valence-corrected chi connectivity index (χ0v) is 10.8. The minimum absolute atomic E-state index is 0.0564. The largest absolute Gasteiger partial charge is 0.271 e. The number of sulfone groups is 1. The van der Waals surface area contributed by atoms with Gasteiger partial charge in [-0.25, -0.2) is 8.42 Å². The second-order valence-electron chi connectivity index (χ2n) is 4.26. The lowest BCUT2D eigenvalue weighted by atomic mass is 10.0. The molecule has 96 valence electrons. The van der Waals surface area contributed by atoms with Gasteiger partial charge in [0.25, 0.3) is 0 Å². The van der Waals surface area contributed by atoms with Crippen LogP contribution in [0.5, 0.6) is 0 Å². The van der Waals surface area contributed by atoms with Gasteiger partial charge in [0, 0.05) is 24.0 Å². The number of hydrogen-bond acceptors (Lipinski definition) is 5. The van der Waals surface area contributed by atoms with Crippen molar-refractivity contribution in [2.75, 3.05) is 12.0 Å². The summed E-state index contributed by atoms with van der Waals surface area (Å²) >= 11 is 0. The van der Waals surface area contributed by atoms with Crippen LogP contribution in [0.25, 0.3) is 10.8 Å². The third kappa shape index (κ3) is 2.84. The van der Waals surface area contributed by atoms with Gasteiger partial charge in [-0.1, -0.05) is 24.3 Å². The molecular formula is C12H15N3O2S. The Morgan fingerprint density at radius 2 is 2.06 bits per heavy atom. The van der Waals surface area contributed by atoms with E-state index in [2.05, 4.69) is 10.4 Å². The molecule has 0 fully saturated rings. The SMILES string of the molecule is CS(=O)(=O)CC(NN)c1cncc2ccccc12. The Hall–Kier alpha value is -1.50. The molecule has 6 heteroatoms. The van der Waals surface area contributed by atoms with Crippen LogP contribution in [0, 0.1) is 0 Å². The van der Waals surface area contributed by atoms with Crippen molar-refractivity contribution in [3.63, 3.8) is 0 Å². The van der Waals surface area contributed by atoms with Crippen molar-refractivity contribution in [2.24, 2.45) is 5.84 Å². The van der Waals surface area contributed by atoms with Crippen molar-refractivity contribution in [1.29, 1.82) is 0 Å². The fraction of sp³-hybridized carbons (Fsp3) is 0.250. The number of aromatic nitrogens is 1. The Kier molecular flexibility index (Phi) is 3.60. The first-order chi connectivity index (χ1) is 8.51. The molecule has 0 bridgehead atoms. The van der Waals surface area contributed by atoms with Crippen molar-refractivity contribution in [3.05, 3.63) is 42.2 Å². The van der Waals surface area contributed by atoms with Gasteiger partial charge in [-0.15, -0.1) is 0 Å². The van der Waals surface area contributed by atoms with Crippen LogP contribution in [-0.4, -0.2) is 25.4 Å². The van der Waals surface area contributed by atoms with Gasteiger partial charge < -0.3 is 0 Å². The molecule has 1 aromatic carbocycles. The maximum atomic E-state index is 11.4. The number of nitrogens with one attached hydrogen (secondary N) is 1. The van der Waals surface area contributed by atoms with E-state index < -0.39 is 15.9 Å². The Labute approximate surface area is 106 Å². The summed E-state index contributed by atoms with van der Waals surface area (Å²) in [5.74, 6) is 5.40. The van der Waals surface area contributed by atoms with E-state index in [4.69, 9.17) is 5.84 Å². The number of nitrogens with two attached hydrogens (primary N) is 1. The lowest BCUT2D eigenvalue weighted by molar-refractivity contribution is 0.565. The summed E-state index contributed by atoms with van der Waals surface area (Å²) in [4.78, 5) is 4.12. The molecule has 0 spiro atoms. The number of rotatable bonds is 4. The molecule has 2 rings (SSSR count). The zero-order chi connectivity index (χ0) is 13.2. The highest BCUT2D eigenvalue weighted by Gasteiger charge is 2.18. The maximum Gasteiger partial charge on any atom is 0.149 e. The molecule has 0 saturated carbocycles. The van der Waals surface area contributed by atoms with Crippen LogP contribution in [0.15, 0.2) is 36.7 Å². The number of hydrogen-bond donors (Lipinski definition) is 2. The number of nitrogens with zero attached hydrogens (tertiary/aromatic N) is 1. The highest BCUT2D eigenvalue weighted by molar-refractivity contribution is 7.90. The Balaban J connectivity index is 2.51. The summed E-state index contributed by atoms with van der Waals surface area (Å²) in [6, 6.07) is 7.21. The molecule has 0 amide bonds. The van der Waals surface area contributed by atoms with E-state index in [0.29, 0.717) is 0 Å². The van der Waals surface area contributed by atoms with Gasteiger partial charge in [0.05, 0.1) is 11.8 Å². The van der Waals surface area contributed by atoms with Crippen LogP contribution in [0.4, 0.5) is 0 Å². The van der Waals surface area contributed by atoms with Crippen LogP contribution in [-0.2, 0) is 9.84 Å². The minimum Gasteiger partial charge on any atom is -0.271 e. The second kappa shape index (κ2) is 5.01. The highest BCUT2D eigenvalue weighted by atomic mass is 32.2. The normalized spacial score (nSPS) is 13.7. The van der Waals surface area contributed by atoms with Crippen molar-refractivity contribution in [1.82, 2.24) is 10.4 Å². The first-order valence-electron chi connectivity index (χ1n) is 5.48. The topological polar surface area (TPSA) is 85.1 Å². The molecule has 0 aliphatic heterocycles. The Morgan fingerprint density at radius 1 is 1.33 bits per heavy atom. The third-order valence-electron chi connectivity index (χ3n) is 2.75. The van der Waals surface area contributed by atoms with Crippen LogP contribution in [0.3, 0.4) is 0 Å². The van der Waals surface area contributed by atoms with Crippen molar-refractivity contribution >= 4 is 20.6 Å². The summed E-state index contributed by atoms with van der Waals surface area (Å²) in [7, 11) is -3.12. The van der Waals surface area contributed by atoms with E-state index in [1.807, 2.05) is 24.3 Å². The molecule has 18 heavy (non-hydrogen) atoms. The zero-order valence-electron chi connectivity index (χ0n) is 10.00. The molecule has 5 nitrogen and oxygen atoms in total. The summed E-state index contributed by atoms with van der Waals surface area (Å²) in [6.07, 6.45) is 4.58. The van der Waals surface area contributed by atoms with Crippen LogP contribution in [0.1, 0.15) is 11.6 Å². The molecule has 2 aromatic rings. The highest BCUT2D eigenvalue weighted by Crippen LogP contribution is 2.23. The Morgan fingerprint density at radius 3 is 2.72 bits per heavy atom. The van der Waals surface area contributed by atoms with Gasteiger partial charge in [-0.2, -0.15) is 0 Å². The summed E-state index contributed by atoms with van der Waals surface area (Å²) in [6.45, 7) is 0. The molecular weight excluding hydrogens is 250 g/mol. The average Bonchev–Trinajstić information content (AvgIpc) is 2.34. The van der Waals surface area contributed by atoms with Gasteiger partial charge in [-0.3, -0.25) is 16.3 Å². The van der Waals surface area contributed by atoms with Crippen LogP contribution in [0.2, 0.25) is 0 Å². The average molecular weight is 265 g/mol.